The van der Waals surface area contributed by atoms with Crippen LogP contribution in [0.15, 0.2) is 6.07 Å². The number of carbonyl (C=O) groups is 2. The number of carbonyl (C=O) groups excluding carboxylic acids is 2. The molecule has 0 fully saturated rings. The Balaban J connectivity index is 2.23. The summed E-state index contributed by atoms with van der Waals surface area (Å²) in [6.45, 7) is 12.5. The van der Waals surface area contributed by atoms with Crippen molar-refractivity contribution in [2.24, 2.45) is 5.92 Å². The van der Waals surface area contributed by atoms with Gasteiger partial charge in [-0.1, -0.05) is 13.8 Å². The van der Waals surface area contributed by atoms with Crippen LogP contribution in [0, 0.1) is 12.8 Å². The van der Waals surface area contributed by atoms with E-state index >= 15 is 0 Å². The van der Waals surface area contributed by atoms with E-state index in [9.17, 15) is 9.59 Å². The van der Waals surface area contributed by atoms with Crippen LogP contribution in [0.3, 0.4) is 0 Å². The number of fused-ring (bicyclic) bond motifs is 1. The highest BCUT2D eigenvalue weighted by molar-refractivity contribution is 5.88. The molecule has 2 heterocycles. The molecule has 0 spiro atoms. The van der Waals surface area contributed by atoms with Gasteiger partial charge in [-0.2, -0.15) is 0 Å². The number of hydrogen-bond donors (Lipinski definition) is 0. The maximum absolute atomic E-state index is 12.6. The summed E-state index contributed by atoms with van der Waals surface area (Å²) < 4.78 is 10.8. The van der Waals surface area contributed by atoms with Gasteiger partial charge >= 0.3 is 12.1 Å². The van der Waals surface area contributed by atoms with Gasteiger partial charge in [0.2, 0.25) is 0 Å². The molecule has 6 heteroatoms. The molecule has 1 aromatic rings. The summed E-state index contributed by atoms with van der Waals surface area (Å²) in [7, 11) is 0. The van der Waals surface area contributed by atoms with Gasteiger partial charge in [-0.05, 0) is 63.6 Å². The van der Waals surface area contributed by atoms with Gasteiger partial charge in [0.05, 0.1) is 18.7 Å². The molecule has 0 saturated heterocycles. The van der Waals surface area contributed by atoms with Gasteiger partial charge in [0.1, 0.15) is 11.4 Å². The van der Waals surface area contributed by atoms with Gasteiger partial charge in [0.15, 0.2) is 0 Å². The first-order valence-corrected chi connectivity index (χ1v) is 9.22. The Kier molecular flexibility index (Phi) is 6.26. The molecule has 0 bridgehead atoms. The number of anilines is 1. The van der Waals surface area contributed by atoms with Crippen LogP contribution in [0.1, 0.15) is 57.9 Å². The SMILES string of the molecule is Cc1cc(CC(=O)OCC(C)C)nc2c1CCCN2C(=O)OC(C)(C)C. The van der Waals surface area contributed by atoms with E-state index in [-0.39, 0.29) is 12.4 Å². The first-order valence-electron chi connectivity index (χ1n) is 9.22. The largest absolute Gasteiger partial charge is 0.465 e. The van der Waals surface area contributed by atoms with Crippen molar-refractivity contribution in [1.29, 1.82) is 0 Å². The zero-order chi connectivity index (χ0) is 19.5. The summed E-state index contributed by atoms with van der Waals surface area (Å²) in [5.74, 6) is 0.599. The zero-order valence-electron chi connectivity index (χ0n) is 16.7. The molecular weight excluding hydrogens is 332 g/mol. The molecule has 0 N–H and O–H groups in total. The number of rotatable bonds is 4. The summed E-state index contributed by atoms with van der Waals surface area (Å²) in [4.78, 5) is 30.8. The first-order chi connectivity index (χ1) is 12.1. The fourth-order valence-corrected chi connectivity index (χ4v) is 2.85. The van der Waals surface area contributed by atoms with Crippen LogP contribution in [0.5, 0.6) is 0 Å². The molecule has 0 aliphatic carbocycles. The molecule has 0 radical (unpaired) electrons. The lowest BCUT2D eigenvalue weighted by Gasteiger charge is -2.31. The average molecular weight is 362 g/mol. The van der Waals surface area contributed by atoms with Crippen LogP contribution in [0.4, 0.5) is 10.6 Å². The fraction of sp³-hybridized carbons (Fsp3) is 0.650. The lowest BCUT2D eigenvalue weighted by molar-refractivity contribution is -0.143. The lowest BCUT2D eigenvalue weighted by Crippen LogP contribution is -2.40. The highest BCUT2D eigenvalue weighted by Gasteiger charge is 2.29. The maximum Gasteiger partial charge on any atom is 0.416 e. The van der Waals surface area contributed by atoms with Crippen LogP contribution in [0.2, 0.25) is 0 Å². The van der Waals surface area contributed by atoms with Gasteiger partial charge in [0, 0.05) is 6.54 Å². The number of amides is 1. The Morgan fingerprint density at radius 2 is 2.00 bits per heavy atom. The van der Waals surface area contributed by atoms with E-state index in [2.05, 4.69) is 4.98 Å². The first kappa shape index (κ1) is 20.2. The van der Waals surface area contributed by atoms with Crippen LogP contribution in [-0.4, -0.2) is 35.8 Å². The van der Waals surface area contributed by atoms with Crippen LogP contribution < -0.4 is 4.90 Å². The van der Waals surface area contributed by atoms with Crippen molar-refractivity contribution in [3.8, 4) is 0 Å². The number of aryl methyl sites for hydroxylation is 1. The van der Waals surface area contributed by atoms with Gasteiger partial charge in [-0.25, -0.2) is 9.78 Å². The number of pyridine rings is 1. The molecule has 0 atom stereocenters. The quantitative estimate of drug-likeness (QED) is 0.762. The van der Waals surface area contributed by atoms with Crippen molar-refractivity contribution >= 4 is 17.9 Å². The van der Waals surface area contributed by atoms with E-state index in [0.717, 1.165) is 24.0 Å². The third-order valence-electron chi connectivity index (χ3n) is 3.96. The Labute approximate surface area is 155 Å². The molecule has 1 aromatic heterocycles. The molecule has 0 aromatic carbocycles. The minimum absolute atomic E-state index is 0.100. The monoisotopic (exact) mass is 362 g/mol. The van der Waals surface area contributed by atoms with Gasteiger partial charge in [-0.3, -0.25) is 9.69 Å². The third-order valence-corrected chi connectivity index (χ3v) is 3.96. The Morgan fingerprint density at radius 3 is 2.62 bits per heavy atom. The second-order valence-corrected chi connectivity index (χ2v) is 8.22. The van der Waals surface area contributed by atoms with Crippen LogP contribution in [0.25, 0.3) is 0 Å². The summed E-state index contributed by atoms with van der Waals surface area (Å²) in [6.07, 6.45) is 1.43. The smallest absolute Gasteiger partial charge is 0.416 e. The Hall–Kier alpha value is -2.11. The predicted molar refractivity (Wildman–Crippen MR) is 100 cm³/mol. The van der Waals surface area contributed by atoms with E-state index in [0.29, 0.717) is 30.6 Å². The molecule has 6 nitrogen and oxygen atoms in total. The second-order valence-electron chi connectivity index (χ2n) is 8.22. The van der Waals surface area contributed by atoms with Gasteiger partial charge in [-0.15, -0.1) is 0 Å². The number of hydrogen-bond acceptors (Lipinski definition) is 5. The summed E-state index contributed by atoms with van der Waals surface area (Å²) in [5.41, 5.74) is 2.13. The standard InChI is InChI=1S/C20H30N2O4/c1-13(2)12-25-17(23)11-15-10-14(3)16-8-7-9-22(18(16)21-15)19(24)26-20(4,5)6/h10,13H,7-9,11-12H2,1-6H3. The summed E-state index contributed by atoms with van der Waals surface area (Å²) in [5, 5.41) is 0. The van der Waals surface area contributed by atoms with Crippen LogP contribution in [-0.2, 0) is 27.1 Å². The zero-order valence-corrected chi connectivity index (χ0v) is 16.7. The lowest BCUT2D eigenvalue weighted by atomic mass is 9.99. The summed E-state index contributed by atoms with van der Waals surface area (Å²) >= 11 is 0. The molecule has 0 unspecified atom stereocenters. The molecule has 1 aliphatic rings. The normalized spacial score (nSPS) is 14.2. The highest BCUT2D eigenvalue weighted by atomic mass is 16.6. The van der Waals surface area contributed by atoms with E-state index in [4.69, 9.17) is 9.47 Å². The number of esters is 1. The van der Waals surface area contributed by atoms with E-state index in [1.54, 1.807) is 4.90 Å². The van der Waals surface area contributed by atoms with Crippen molar-refractivity contribution in [2.75, 3.05) is 18.1 Å². The van der Waals surface area contributed by atoms with Crippen molar-refractivity contribution in [3.63, 3.8) is 0 Å². The topological polar surface area (TPSA) is 68.7 Å². The molecule has 0 saturated carbocycles. The minimum atomic E-state index is -0.567. The summed E-state index contributed by atoms with van der Waals surface area (Å²) in [6, 6.07) is 1.91. The van der Waals surface area contributed by atoms with Crippen molar-refractivity contribution in [3.05, 3.63) is 22.9 Å². The molecule has 144 valence electrons. The van der Waals surface area contributed by atoms with Crippen molar-refractivity contribution < 1.29 is 19.1 Å². The van der Waals surface area contributed by atoms with Gasteiger partial charge < -0.3 is 9.47 Å². The number of ether oxygens (including phenoxy) is 2. The van der Waals surface area contributed by atoms with Crippen molar-refractivity contribution in [2.45, 2.75) is 66.4 Å². The molecule has 26 heavy (non-hydrogen) atoms. The Bertz CT molecular complexity index is 677. The fourth-order valence-electron chi connectivity index (χ4n) is 2.85. The third kappa shape index (κ3) is 5.44. The van der Waals surface area contributed by atoms with Crippen molar-refractivity contribution in [1.82, 2.24) is 4.98 Å². The molecule has 1 amide bonds. The average Bonchev–Trinajstić information content (AvgIpc) is 2.50. The Morgan fingerprint density at radius 1 is 1.31 bits per heavy atom. The number of aromatic nitrogens is 1. The van der Waals surface area contributed by atoms with E-state index < -0.39 is 11.7 Å². The predicted octanol–water partition coefficient (Wildman–Crippen LogP) is 3.82. The van der Waals surface area contributed by atoms with E-state index in [1.807, 2.05) is 47.6 Å². The second kappa shape index (κ2) is 8.06. The number of nitrogens with zero attached hydrogens (tertiary/aromatic N) is 2. The minimum Gasteiger partial charge on any atom is -0.465 e. The molecular formula is C20H30N2O4. The molecule has 1 aliphatic heterocycles. The van der Waals surface area contributed by atoms with Crippen LogP contribution >= 0.6 is 0 Å². The van der Waals surface area contributed by atoms with E-state index in [1.165, 1.54) is 0 Å². The molecule has 2 rings (SSSR count). The van der Waals surface area contributed by atoms with Gasteiger partial charge in [0.25, 0.3) is 0 Å². The highest BCUT2D eigenvalue weighted by Crippen LogP contribution is 2.30. The maximum atomic E-state index is 12.6.